The Labute approximate surface area is 161 Å². The molecule has 1 aromatic rings. The Bertz CT molecular complexity index is 682. The quantitative estimate of drug-likeness (QED) is 0.137. The van der Waals surface area contributed by atoms with E-state index in [0.29, 0.717) is 6.41 Å². The molecular weight excluding hydrogens is 370 g/mol. The Morgan fingerprint density at radius 3 is 2.39 bits per heavy atom. The molecule has 1 atom stereocenters. The van der Waals surface area contributed by atoms with E-state index in [9.17, 15) is 24.0 Å². The summed E-state index contributed by atoms with van der Waals surface area (Å²) in [6.07, 6.45) is 0.569. The maximum atomic E-state index is 12.4. The van der Waals surface area contributed by atoms with Gasteiger partial charge in [-0.3, -0.25) is 24.0 Å². The van der Waals surface area contributed by atoms with Crippen LogP contribution in [0.5, 0.6) is 0 Å². The molecule has 1 aromatic carbocycles. The molecule has 28 heavy (non-hydrogen) atoms. The number of carbonyl (C=O) groups excluding carboxylic acids is 5. The lowest BCUT2D eigenvalue weighted by Crippen LogP contribution is -2.51. The molecule has 1 unspecified atom stereocenters. The van der Waals surface area contributed by atoms with E-state index in [1.165, 1.54) is 0 Å². The van der Waals surface area contributed by atoms with Crippen LogP contribution in [0.15, 0.2) is 30.3 Å². The molecule has 0 aromatic heterocycles. The summed E-state index contributed by atoms with van der Waals surface area (Å²) in [5.41, 5.74) is 5.68. The molecule has 6 N–H and O–H groups in total. The van der Waals surface area contributed by atoms with Crippen LogP contribution in [0.25, 0.3) is 0 Å². The van der Waals surface area contributed by atoms with Crippen molar-refractivity contribution in [3.63, 3.8) is 0 Å². The van der Waals surface area contributed by atoms with Gasteiger partial charge in [-0.1, -0.05) is 30.3 Å². The molecule has 152 valence electrons. The van der Waals surface area contributed by atoms with Crippen molar-refractivity contribution in [3.8, 4) is 0 Å². The van der Waals surface area contributed by atoms with Gasteiger partial charge in [0.25, 0.3) is 0 Å². The molecule has 0 fully saturated rings. The number of nitrogens with one attached hydrogen (secondary N) is 4. The third-order valence-corrected chi connectivity index (χ3v) is 3.32. The zero-order valence-electron chi connectivity index (χ0n) is 15.1. The fourth-order valence-corrected chi connectivity index (χ4v) is 2.08. The molecular formula is C17H23N5O6. The van der Waals surface area contributed by atoms with Gasteiger partial charge in [-0.25, -0.2) is 0 Å². The molecule has 0 aliphatic rings. The van der Waals surface area contributed by atoms with Crippen molar-refractivity contribution in [1.82, 2.24) is 21.3 Å². The van der Waals surface area contributed by atoms with E-state index < -0.39 is 29.7 Å². The molecule has 5 amide bonds. The normalized spacial score (nSPS) is 11.0. The summed E-state index contributed by atoms with van der Waals surface area (Å²) in [4.78, 5) is 56.7. The van der Waals surface area contributed by atoms with Crippen LogP contribution in [0, 0.1) is 0 Å². The summed E-state index contributed by atoms with van der Waals surface area (Å²) in [6.45, 7) is -1.21. The first-order valence-electron chi connectivity index (χ1n) is 8.33. The van der Waals surface area contributed by atoms with Crippen molar-refractivity contribution in [1.29, 1.82) is 0 Å². The van der Waals surface area contributed by atoms with Crippen molar-refractivity contribution in [2.45, 2.75) is 12.5 Å². The summed E-state index contributed by atoms with van der Waals surface area (Å²) < 4.78 is 4.78. The molecule has 0 heterocycles. The predicted molar refractivity (Wildman–Crippen MR) is 97.3 cm³/mol. The topological polar surface area (TPSA) is 169 Å². The van der Waals surface area contributed by atoms with Crippen LogP contribution in [0.2, 0.25) is 0 Å². The second-order valence-corrected chi connectivity index (χ2v) is 5.59. The Morgan fingerprint density at radius 1 is 1.04 bits per heavy atom. The van der Waals surface area contributed by atoms with Crippen LogP contribution in [-0.4, -0.2) is 62.5 Å². The van der Waals surface area contributed by atoms with Crippen molar-refractivity contribution < 1.29 is 28.7 Å². The van der Waals surface area contributed by atoms with Gasteiger partial charge in [0.05, 0.1) is 13.1 Å². The molecule has 0 aliphatic carbocycles. The molecule has 0 aliphatic heterocycles. The van der Waals surface area contributed by atoms with Crippen molar-refractivity contribution >= 4 is 30.0 Å². The summed E-state index contributed by atoms with van der Waals surface area (Å²) >= 11 is 0. The molecule has 11 nitrogen and oxygen atoms in total. The van der Waals surface area contributed by atoms with Gasteiger partial charge in [0, 0.05) is 6.42 Å². The average molecular weight is 393 g/mol. The van der Waals surface area contributed by atoms with Gasteiger partial charge in [-0.2, -0.15) is 0 Å². The Hall–Kier alpha value is -3.47. The number of hydrogen-bond acceptors (Lipinski definition) is 6. The van der Waals surface area contributed by atoms with Gasteiger partial charge in [0.15, 0.2) is 0 Å². The minimum Gasteiger partial charge on any atom is -0.368 e. The molecule has 11 heteroatoms. The maximum Gasteiger partial charge on any atom is 0.243 e. The average Bonchev–Trinajstić information content (AvgIpc) is 2.68. The number of amides is 5. The van der Waals surface area contributed by atoms with E-state index in [-0.39, 0.29) is 32.8 Å². The first-order chi connectivity index (χ1) is 13.4. The number of ether oxygens (including phenoxy) is 1. The Kier molecular flexibility index (Phi) is 10.3. The number of primary amides is 1. The van der Waals surface area contributed by atoms with Crippen molar-refractivity contribution in [3.05, 3.63) is 35.9 Å². The summed E-state index contributed by atoms with van der Waals surface area (Å²) in [6, 6.07) is 8.04. The highest BCUT2D eigenvalue weighted by molar-refractivity contribution is 5.91. The highest BCUT2D eigenvalue weighted by Gasteiger charge is 2.21. The largest absolute Gasteiger partial charge is 0.368 e. The summed E-state index contributed by atoms with van der Waals surface area (Å²) in [7, 11) is 0. The Morgan fingerprint density at radius 2 is 1.75 bits per heavy atom. The number of hydrogen-bond donors (Lipinski definition) is 5. The van der Waals surface area contributed by atoms with E-state index in [4.69, 9.17) is 10.5 Å². The summed E-state index contributed by atoms with van der Waals surface area (Å²) in [5.74, 6) is -2.35. The molecule has 0 bridgehead atoms. The predicted octanol–water partition coefficient (Wildman–Crippen LogP) is -2.85. The first kappa shape index (κ1) is 22.6. The van der Waals surface area contributed by atoms with E-state index in [2.05, 4.69) is 21.3 Å². The minimum absolute atomic E-state index is 0.197. The lowest BCUT2D eigenvalue weighted by atomic mass is 10.1. The van der Waals surface area contributed by atoms with Gasteiger partial charge in [0.2, 0.25) is 30.0 Å². The van der Waals surface area contributed by atoms with E-state index >= 15 is 0 Å². The van der Waals surface area contributed by atoms with Gasteiger partial charge >= 0.3 is 0 Å². The smallest absolute Gasteiger partial charge is 0.243 e. The fourth-order valence-electron chi connectivity index (χ4n) is 2.08. The molecule has 0 spiro atoms. The molecule has 0 radical (unpaired) electrons. The van der Waals surface area contributed by atoms with Crippen LogP contribution in [-0.2, 0) is 35.1 Å². The highest BCUT2D eigenvalue weighted by atomic mass is 16.5. The third kappa shape index (κ3) is 9.87. The number of carbonyl (C=O) groups is 5. The fraction of sp³-hybridized carbons (Fsp3) is 0.353. The second-order valence-electron chi connectivity index (χ2n) is 5.59. The highest BCUT2D eigenvalue weighted by Crippen LogP contribution is 2.03. The molecule has 0 saturated carbocycles. The van der Waals surface area contributed by atoms with Gasteiger partial charge < -0.3 is 31.7 Å². The van der Waals surface area contributed by atoms with Crippen LogP contribution >= 0.6 is 0 Å². The first-order valence-corrected chi connectivity index (χ1v) is 8.33. The number of rotatable bonds is 13. The van der Waals surface area contributed by atoms with Crippen LogP contribution in [0.4, 0.5) is 0 Å². The number of nitrogens with two attached hydrogens (primary N) is 1. The second kappa shape index (κ2) is 12.8. The standard InChI is InChI=1S/C17H23N5O6/c18-14(24)9-28-11-21-15(25)8-20-17(27)13(22-16(26)7-19-10-23)6-12-4-2-1-3-5-12/h1-5,10,13H,6-9,11H2,(H2,18,24)(H,19,23)(H,20,27)(H,21,25)(H,22,26). The van der Waals surface area contributed by atoms with Gasteiger partial charge in [-0.15, -0.1) is 0 Å². The van der Waals surface area contributed by atoms with Gasteiger partial charge in [0.1, 0.15) is 19.4 Å². The minimum atomic E-state index is -0.942. The van der Waals surface area contributed by atoms with Crippen LogP contribution in [0.1, 0.15) is 5.56 Å². The maximum absolute atomic E-state index is 12.4. The monoisotopic (exact) mass is 393 g/mol. The van der Waals surface area contributed by atoms with Crippen molar-refractivity contribution in [2.24, 2.45) is 5.73 Å². The Balaban J connectivity index is 2.55. The van der Waals surface area contributed by atoms with Gasteiger partial charge in [-0.05, 0) is 5.56 Å². The SMILES string of the molecule is NC(=O)COCNC(=O)CNC(=O)C(Cc1ccccc1)NC(=O)CNC=O. The van der Waals surface area contributed by atoms with E-state index in [0.717, 1.165) is 5.56 Å². The number of benzene rings is 1. The zero-order valence-corrected chi connectivity index (χ0v) is 15.1. The van der Waals surface area contributed by atoms with E-state index in [1.54, 1.807) is 24.3 Å². The lowest BCUT2D eigenvalue weighted by Gasteiger charge is -2.18. The van der Waals surface area contributed by atoms with Crippen LogP contribution < -0.4 is 27.0 Å². The molecule has 0 saturated heterocycles. The third-order valence-electron chi connectivity index (χ3n) is 3.32. The zero-order chi connectivity index (χ0) is 20.8. The van der Waals surface area contributed by atoms with E-state index in [1.807, 2.05) is 6.07 Å². The molecule has 1 rings (SSSR count). The lowest BCUT2D eigenvalue weighted by molar-refractivity contribution is -0.131. The van der Waals surface area contributed by atoms with Crippen LogP contribution in [0.3, 0.4) is 0 Å². The summed E-state index contributed by atoms with van der Waals surface area (Å²) in [5, 5.41) is 9.46. The van der Waals surface area contributed by atoms with Crippen molar-refractivity contribution in [2.75, 3.05) is 26.4 Å².